The Labute approximate surface area is 147 Å². The lowest BCUT2D eigenvalue weighted by Gasteiger charge is -2.27. The molecule has 1 aliphatic heterocycles. The standard InChI is InChI=1S/C21H28NOP/c1-15-12-17(3)20(23)19(13-15)24-21-16(2)8-7-9-18(21)14-22-10-5-4-6-11-22/h7-9,12-13,23-24H,4-6,10-11,14H2,1-3H3. The molecule has 2 aromatic carbocycles. The molecule has 0 aliphatic carbocycles. The van der Waals surface area contributed by atoms with Crippen LogP contribution in [0.5, 0.6) is 5.75 Å². The molecular weight excluding hydrogens is 313 g/mol. The van der Waals surface area contributed by atoms with Crippen molar-refractivity contribution in [1.29, 1.82) is 0 Å². The van der Waals surface area contributed by atoms with E-state index in [-0.39, 0.29) is 0 Å². The molecule has 2 nitrogen and oxygen atoms in total. The molecule has 24 heavy (non-hydrogen) atoms. The second-order valence-electron chi connectivity index (χ2n) is 7.05. The molecule has 3 rings (SSSR count). The summed E-state index contributed by atoms with van der Waals surface area (Å²) in [6, 6.07) is 10.8. The van der Waals surface area contributed by atoms with Crippen LogP contribution in [0, 0.1) is 20.8 Å². The lowest BCUT2D eigenvalue weighted by Crippen LogP contribution is -2.31. The number of nitrogens with zero attached hydrogens (tertiary/aromatic N) is 1. The molecule has 1 N–H and O–H groups in total. The molecule has 0 spiro atoms. The van der Waals surface area contributed by atoms with E-state index in [4.69, 9.17) is 0 Å². The number of likely N-dealkylation sites (tertiary alicyclic amines) is 1. The fourth-order valence-corrected chi connectivity index (χ4v) is 5.08. The molecule has 1 fully saturated rings. The molecule has 2 aromatic rings. The molecule has 0 bridgehead atoms. The zero-order valence-electron chi connectivity index (χ0n) is 15.0. The Kier molecular flexibility index (Phi) is 5.58. The van der Waals surface area contributed by atoms with Crippen LogP contribution < -0.4 is 10.6 Å². The predicted molar refractivity (Wildman–Crippen MR) is 105 cm³/mol. The lowest BCUT2D eigenvalue weighted by atomic mass is 10.1. The quantitative estimate of drug-likeness (QED) is 0.852. The van der Waals surface area contributed by atoms with Crippen molar-refractivity contribution in [2.75, 3.05) is 13.1 Å². The Hall–Kier alpha value is -1.37. The van der Waals surface area contributed by atoms with Crippen LogP contribution in [0.1, 0.15) is 41.5 Å². The SMILES string of the molecule is Cc1cc(C)c(O)c(Pc2c(C)cccc2CN2CCCCC2)c1. The first-order chi connectivity index (χ1) is 11.5. The smallest absolute Gasteiger partial charge is 0.126 e. The van der Waals surface area contributed by atoms with E-state index in [2.05, 4.69) is 49.1 Å². The molecule has 128 valence electrons. The maximum Gasteiger partial charge on any atom is 0.126 e. The normalized spacial score (nSPS) is 16.1. The van der Waals surface area contributed by atoms with Crippen molar-refractivity contribution in [1.82, 2.24) is 4.90 Å². The maximum absolute atomic E-state index is 10.5. The molecule has 3 heteroatoms. The average Bonchev–Trinajstić information content (AvgIpc) is 2.56. The number of phenols is 1. The van der Waals surface area contributed by atoms with Gasteiger partial charge in [-0.3, -0.25) is 4.90 Å². The second-order valence-corrected chi connectivity index (χ2v) is 8.34. The van der Waals surface area contributed by atoms with E-state index in [9.17, 15) is 5.11 Å². The van der Waals surface area contributed by atoms with Gasteiger partial charge in [-0.15, -0.1) is 0 Å². The number of aromatic hydroxyl groups is 1. The highest BCUT2D eigenvalue weighted by Gasteiger charge is 2.15. The molecule has 0 amide bonds. The van der Waals surface area contributed by atoms with Crippen LogP contribution in [0.25, 0.3) is 0 Å². The Morgan fingerprint density at radius 2 is 1.75 bits per heavy atom. The summed E-state index contributed by atoms with van der Waals surface area (Å²) in [5.74, 6) is 0.464. The Morgan fingerprint density at radius 1 is 1.00 bits per heavy atom. The van der Waals surface area contributed by atoms with Gasteiger partial charge in [-0.25, -0.2) is 0 Å². The van der Waals surface area contributed by atoms with E-state index in [1.165, 1.54) is 54.3 Å². The van der Waals surface area contributed by atoms with Gasteiger partial charge in [-0.1, -0.05) is 39.3 Å². The summed E-state index contributed by atoms with van der Waals surface area (Å²) < 4.78 is 0. The molecular formula is C21H28NOP. The van der Waals surface area contributed by atoms with Gasteiger partial charge >= 0.3 is 0 Å². The van der Waals surface area contributed by atoms with Crippen LogP contribution >= 0.6 is 8.58 Å². The third-order valence-electron chi connectivity index (χ3n) is 4.91. The highest BCUT2D eigenvalue weighted by Crippen LogP contribution is 2.26. The summed E-state index contributed by atoms with van der Waals surface area (Å²) in [4.78, 5) is 2.58. The van der Waals surface area contributed by atoms with Gasteiger partial charge in [-0.2, -0.15) is 0 Å². The van der Waals surface area contributed by atoms with Crippen molar-refractivity contribution in [2.45, 2.75) is 46.6 Å². The van der Waals surface area contributed by atoms with Crippen LogP contribution in [0.2, 0.25) is 0 Å². The molecule has 1 atom stereocenters. The van der Waals surface area contributed by atoms with E-state index in [1.54, 1.807) is 0 Å². The largest absolute Gasteiger partial charge is 0.507 e. The monoisotopic (exact) mass is 341 g/mol. The molecule has 0 aromatic heterocycles. The van der Waals surface area contributed by atoms with Crippen LogP contribution in [0.3, 0.4) is 0 Å². The molecule has 0 saturated carbocycles. The Balaban J connectivity index is 1.90. The third-order valence-corrected chi connectivity index (χ3v) is 6.52. The van der Waals surface area contributed by atoms with E-state index in [0.717, 1.165) is 17.4 Å². The topological polar surface area (TPSA) is 23.5 Å². The van der Waals surface area contributed by atoms with E-state index >= 15 is 0 Å². The first-order valence-corrected chi connectivity index (χ1v) is 9.92. The maximum atomic E-state index is 10.5. The number of hydrogen-bond acceptors (Lipinski definition) is 2. The van der Waals surface area contributed by atoms with Gasteiger partial charge in [0.2, 0.25) is 0 Å². The average molecular weight is 341 g/mol. The van der Waals surface area contributed by atoms with Crippen LogP contribution in [-0.4, -0.2) is 23.1 Å². The van der Waals surface area contributed by atoms with Crippen LogP contribution in [-0.2, 0) is 6.54 Å². The van der Waals surface area contributed by atoms with Gasteiger partial charge in [0.1, 0.15) is 5.75 Å². The number of hydrogen-bond donors (Lipinski definition) is 1. The molecule has 1 saturated heterocycles. The lowest BCUT2D eigenvalue weighted by molar-refractivity contribution is 0.221. The fraction of sp³-hybridized carbons (Fsp3) is 0.429. The summed E-state index contributed by atoms with van der Waals surface area (Å²) in [7, 11) is 0.510. The highest BCUT2D eigenvalue weighted by molar-refractivity contribution is 7.56. The van der Waals surface area contributed by atoms with Gasteiger partial charge < -0.3 is 5.11 Å². The zero-order valence-corrected chi connectivity index (χ0v) is 16.0. The highest BCUT2D eigenvalue weighted by atomic mass is 31.1. The molecule has 0 radical (unpaired) electrons. The molecule has 1 heterocycles. The number of aryl methyl sites for hydroxylation is 3. The number of piperidine rings is 1. The van der Waals surface area contributed by atoms with E-state index in [0.29, 0.717) is 14.3 Å². The second kappa shape index (κ2) is 7.68. The molecule has 1 unspecified atom stereocenters. The summed E-state index contributed by atoms with van der Waals surface area (Å²) in [6.45, 7) is 9.75. The van der Waals surface area contributed by atoms with Gasteiger partial charge in [0.15, 0.2) is 0 Å². The summed E-state index contributed by atoms with van der Waals surface area (Å²) in [5.41, 5.74) is 4.96. The summed E-state index contributed by atoms with van der Waals surface area (Å²) >= 11 is 0. The minimum atomic E-state index is 0.464. The minimum Gasteiger partial charge on any atom is -0.507 e. The fourth-order valence-electron chi connectivity index (χ4n) is 3.59. The van der Waals surface area contributed by atoms with E-state index in [1.807, 2.05) is 6.92 Å². The van der Waals surface area contributed by atoms with Crippen molar-refractivity contribution in [3.05, 3.63) is 52.6 Å². The zero-order chi connectivity index (χ0) is 17.1. The summed E-state index contributed by atoms with van der Waals surface area (Å²) in [5, 5.41) is 13.0. The van der Waals surface area contributed by atoms with Gasteiger partial charge in [0.05, 0.1) is 0 Å². The predicted octanol–water partition coefficient (Wildman–Crippen LogP) is 3.93. The minimum absolute atomic E-state index is 0.464. The first-order valence-electron chi connectivity index (χ1n) is 8.92. The summed E-state index contributed by atoms with van der Waals surface area (Å²) in [6.07, 6.45) is 4.01. The van der Waals surface area contributed by atoms with Crippen LogP contribution in [0.15, 0.2) is 30.3 Å². The van der Waals surface area contributed by atoms with Crippen molar-refractivity contribution < 1.29 is 5.11 Å². The Bertz CT molecular complexity index is 720. The van der Waals surface area contributed by atoms with E-state index < -0.39 is 0 Å². The van der Waals surface area contributed by atoms with Gasteiger partial charge in [0.25, 0.3) is 0 Å². The van der Waals surface area contributed by atoms with Crippen molar-refractivity contribution in [3.63, 3.8) is 0 Å². The van der Waals surface area contributed by atoms with Crippen molar-refractivity contribution >= 4 is 19.2 Å². The molecule has 1 aliphatic rings. The number of rotatable bonds is 4. The third kappa shape index (κ3) is 3.99. The van der Waals surface area contributed by atoms with Gasteiger partial charge in [0, 0.05) is 11.8 Å². The Morgan fingerprint density at radius 3 is 2.50 bits per heavy atom. The van der Waals surface area contributed by atoms with Crippen molar-refractivity contribution in [3.8, 4) is 5.75 Å². The van der Waals surface area contributed by atoms with Crippen LogP contribution in [0.4, 0.5) is 0 Å². The number of phenolic OH excluding ortho intramolecular Hbond substituents is 1. The van der Waals surface area contributed by atoms with Crippen molar-refractivity contribution in [2.24, 2.45) is 0 Å². The first kappa shape index (κ1) is 17.5. The van der Waals surface area contributed by atoms with Gasteiger partial charge in [-0.05, 0) is 80.3 Å². The number of benzene rings is 2.